The fourth-order valence-corrected chi connectivity index (χ4v) is 4.07. The van der Waals surface area contributed by atoms with Crippen LogP contribution in [0.3, 0.4) is 0 Å². The Balaban J connectivity index is 1.57. The van der Waals surface area contributed by atoms with Crippen molar-refractivity contribution in [2.45, 2.75) is 32.4 Å². The molecule has 2 aromatic heterocycles. The second-order valence-electron chi connectivity index (χ2n) is 8.59. The van der Waals surface area contributed by atoms with Crippen LogP contribution in [0.25, 0.3) is 0 Å². The maximum Gasteiger partial charge on any atom is 0.255 e. The van der Waals surface area contributed by atoms with E-state index >= 15 is 0 Å². The van der Waals surface area contributed by atoms with Gasteiger partial charge in [0.05, 0.1) is 25.3 Å². The van der Waals surface area contributed by atoms with Gasteiger partial charge in [0.15, 0.2) is 11.6 Å². The van der Waals surface area contributed by atoms with Crippen LogP contribution in [0, 0.1) is 0 Å². The topological polar surface area (TPSA) is 89.3 Å². The van der Waals surface area contributed by atoms with Crippen molar-refractivity contribution in [1.29, 1.82) is 0 Å². The number of carbonyl (C=O) groups is 2. The number of carbonyl (C=O) groups excluding carboxylic acids is 2. The van der Waals surface area contributed by atoms with Gasteiger partial charge < -0.3 is 19.3 Å². The van der Waals surface area contributed by atoms with Crippen LogP contribution >= 0.6 is 0 Å². The maximum absolute atomic E-state index is 14.1. The van der Waals surface area contributed by atoms with E-state index < -0.39 is 5.67 Å². The van der Waals surface area contributed by atoms with Gasteiger partial charge in [-0.15, -0.1) is 0 Å². The highest BCUT2D eigenvalue weighted by Crippen LogP contribution is 2.35. The predicted molar refractivity (Wildman–Crippen MR) is 125 cm³/mol. The van der Waals surface area contributed by atoms with E-state index in [0.29, 0.717) is 87.9 Å². The minimum absolute atomic E-state index is 0.173. The highest BCUT2D eigenvalue weighted by molar-refractivity contribution is 5.95. The maximum atomic E-state index is 14.1. The molecule has 4 rings (SSSR count). The van der Waals surface area contributed by atoms with E-state index in [1.54, 1.807) is 24.1 Å². The summed E-state index contributed by atoms with van der Waals surface area (Å²) in [6, 6.07) is 5.33. The Bertz CT molecular complexity index is 1110. The van der Waals surface area contributed by atoms with Crippen molar-refractivity contribution in [3.05, 3.63) is 41.6 Å². The molecule has 4 heterocycles. The van der Waals surface area contributed by atoms with E-state index in [4.69, 9.17) is 9.47 Å². The quantitative estimate of drug-likeness (QED) is 0.455. The molecule has 1 amide bonds. The Labute approximate surface area is 197 Å². The highest BCUT2D eigenvalue weighted by Gasteiger charge is 2.32. The summed E-state index contributed by atoms with van der Waals surface area (Å²) in [6.07, 6.45) is 4.55. The number of fused-ring (bicyclic) bond motifs is 1. The van der Waals surface area contributed by atoms with Crippen LogP contribution in [0.4, 0.5) is 15.9 Å². The molecule has 0 atom stereocenters. The number of amides is 1. The predicted octanol–water partition coefficient (Wildman–Crippen LogP) is 2.35. The van der Waals surface area contributed by atoms with Crippen molar-refractivity contribution in [2.75, 3.05) is 50.9 Å². The first kappa shape index (κ1) is 23.9. The smallest absolute Gasteiger partial charge is 0.255 e. The summed E-state index contributed by atoms with van der Waals surface area (Å²) in [6.45, 7) is 6.74. The van der Waals surface area contributed by atoms with Crippen LogP contribution in [0.2, 0.25) is 0 Å². The van der Waals surface area contributed by atoms with E-state index in [9.17, 15) is 14.0 Å². The molecule has 0 aliphatic carbocycles. The summed E-state index contributed by atoms with van der Waals surface area (Å²) in [5.74, 6) is 0.918. The molecule has 0 saturated carbocycles. The molecule has 1 saturated heterocycles. The van der Waals surface area contributed by atoms with Crippen molar-refractivity contribution in [1.82, 2.24) is 14.5 Å². The molecule has 0 aromatic carbocycles. The molecule has 2 aromatic rings. The Hall–Kier alpha value is -3.27. The Morgan fingerprint density at radius 2 is 2.12 bits per heavy atom. The first-order valence-corrected chi connectivity index (χ1v) is 11.6. The number of hydrogen-bond acceptors (Lipinski definition) is 7. The fourth-order valence-electron chi connectivity index (χ4n) is 4.07. The molecule has 2 aliphatic heterocycles. The number of anilines is 2. The van der Waals surface area contributed by atoms with Crippen LogP contribution in [-0.2, 0) is 9.53 Å². The van der Waals surface area contributed by atoms with Crippen LogP contribution in [0.5, 0.6) is 5.75 Å². The molecule has 0 N–H and O–H groups in total. The number of piperidine rings is 1. The van der Waals surface area contributed by atoms with Crippen LogP contribution < -0.4 is 15.1 Å². The van der Waals surface area contributed by atoms with Crippen molar-refractivity contribution >= 4 is 23.8 Å². The van der Waals surface area contributed by atoms with E-state index in [2.05, 4.69) is 9.98 Å². The van der Waals surface area contributed by atoms with E-state index in [0.717, 1.165) is 5.69 Å². The van der Waals surface area contributed by atoms with Gasteiger partial charge in [0.2, 0.25) is 6.41 Å². The second-order valence-corrected chi connectivity index (χ2v) is 8.59. The zero-order valence-electron chi connectivity index (χ0n) is 19.6. The molecule has 0 spiro atoms. The molecule has 10 heteroatoms. The number of alkyl halides is 1. The number of nitrogens with zero attached hydrogens (tertiary/aromatic N) is 5. The average Bonchev–Trinajstić information content (AvgIpc) is 2.85. The van der Waals surface area contributed by atoms with Gasteiger partial charge in [0, 0.05) is 43.8 Å². The Kier molecular flexibility index (Phi) is 7.26. The van der Waals surface area contributed by atoms with Crippen molar-refractivity contribution in [2.24, 2.45) is 4.99 Å². The van der Waals surface area contributed by atoms with Crippen molar-refractivity contribution in [3.63, 3.8) is 0 Å². The zero-order valence-corrected chi connectivity index (χ0v) is 19.6. The van der Waals surface area contributed by atoms with Crippen molar-refractivity contribution in [3.8, 4) is 5.75 Å². The van der Waals surface area contributed by atoms with Gasteiger partial charge in [0.1, 0.15) is 17.8 Å². The summed E-state index contributed by atoms with van der Waals surface area (Å²) in [5.41, 5.74) is 0.515. The SMILES string of the molecule is CCOCCN=c1cc(N2CCOc3cc(C(=O)N4CCC(C)(F)CC4)cnc32)ccn1C=O. The lowest BCUT2D eigenvalue weighted by Crippen LogP contribution is -2.43. The van der Waals surface area contributed by atoms with Crippen LogP contribution in [0.1, 0.15) is 37.0 Å². The normalized spacial score (nSPS) is 17.8. The first-order valence-electron chi connectivity index (χ1n) is 11.6. The minimum Gasteiger partial charge on any atom is -0.488 e. The highest BCUT2D eigenvalue weighted by atomic mass is 19.1. The van der Waals surface area contributed by atoms with Gasteiger partial charge in [0.25, 0.3) is 5.91 Å². The summed E-state index contributed by atoms with van der Waals surface area (Å²) < 4.78 is 26.7. The van der Waals surface area contributed by atoms with Gasteiger partial charge in [-0.1, -0.05) is 0 Å². The molecular weight excluding hydrogens is 441 g/mol. The lowest BCUT2D eigenvalue weighted by atomic mass is 9.95. The molecule has 0 unspecified atom stereocenters. The summed E-state index contributed by atoms with van der Waals surface area (Å²) in [5, 5.41) is 0. The van der Waals surface area contributed by atoms with E-state index in [1.165, 1.54) is 10.8 Å². The van der Waals surface area contributed by atoms with E-state index in [1.807, 2.05) is 24.0 Å². The zero-order chi connectivity index (χ0) is 24.1. The number of likely N-dealkylation sites (tertiary alicyclic amines) is 1. The van der Waals surface area contributed by atoms with Gasteiger partial charge in [-0.25, -0.2) is 9.37 Å². The summed E-state index contributed by atoms with van der Waals surface area (Å²) in [7, 11) is 0. The summed E-state index contributed by atoms with van der Waals surface area (Å²) in [4.78, 5) is 37.0. The number of pyridine rings is 2. The van der Waals surface area contributed by atoms with Gasteiger partial charge >= 0.3 is 0 Å². The monoisotopic (exact) mass is 471 g/mol. The molecule has 182 valence electrons. The second kappa shape index (κ2) is 10.3. The third kappa shape index (κ3) is 5.27. The summed E-state index contributed by atoms with van der Waals surface area (Å²) >= 11 is 0. The van der Waals surface area contributed by atoms with E-state index in [-0.39, 0.29) is 5.91 Å². The fraction of sp³-hybridized carbons (Fsp3) is 0.500. The number of ether oxygens (including phenoxy) is 2. The molecule has 2 aliphatic rings. The number of hydrogen-bond donors (Lipinski definition) is 0. The first-order chi connectivity index (χ1) is 16.4. The minimum atomic E-state index is -1.22. The lowest BCUT2D eigenvalue weighted by molar-refractivity contribution is 0.0503. The molecular formula is C24H30FN5O4. The number of halogens is 1. The van der Waals surface area contributed by atoms with Crippen molar-refractivity contribution < 1.29 is 23.5 Å². The van der Waals surface area contributed by atoms with Crippen LogP contribution in [-0.4, -0.2) is 78.4 Å². The number of rotatable bonds is 7. The van der Waals surface area contributed by atoms with Crippen LogP contribution in [0.15, 0.2) is 35.6 Å². The third-order valence-corrected chi connectivity index (χ3v) is 6.09. The third-order valence-electron chi connectivity index (χ3n) is 6.09. The molecule has 0 bridgehead atoms. The van der Waals surface area contributed by atoms with Gasteiger partial charge in [-0.3, -0.25) is 19.1 Å². The largest absolute Gasteiger partial charge is 0.488 e. The molecule has 1 fully saturated rings. The lowest BCUT2D eigenvalue weighted by Gasteiger charge is -2.34. The molecule has 34 heavy (non-hydrogen) atoms. The molecule has 0 radical (unpaired) electrons. The van der Waals surface area contributed by atoms with Gasteiger partial charge in [-0.2, -0.15) is 0 Å². The molecule has 9 nitrogen and oxygen atoms in total. The van der Waals surface area contributed by atoms with Gasteiger partial charge in [-0.05, 0) is 38.8 Å². The average molecular weight is 472 g/mol. The standard InChI is InChI=1S/C24H30FN5O4/c1-3-33-12-7-26-21-15-19(4-8-29(21)17-31)30-11-13-34-20-14-18(16-27-22(20)30)23(32)28-9-5-24(2,25)6-10-28/h4,8,14-17H,3,5-7,9-13H2,1-2H3. The Morgan fingerprint density at radius 1 is 1.32 bits per heavy atom. The number of aromatic nitrogens is 2. The Morgan fingerprint density at radius 3 is 2.85 bits per heavy atom.